The van der Waals surface area contributed by atoms with Crippen molar-refractivity contribution in [3.63, 3.8) is 0 Å². The minimum absolute atomic E-state index is 0.0522. The van der Waals surface area contributed by atoms with Crippen LogP contribution < -0.4 is 19.6 Å². The third-order valence-electron chi connectivity index (χ3n) is 4.45. The molecule has 0 fully saturated rings. The third kappa shape index (κ3) is 3.37. The van der Waals surface area contributed by atoms with Gasteiger partial charge < -0.3 is 18.6 Å². The highest BCUT2D eigenvalue weighted by molar-refractivity contribution is 5.84. The number of hydrogen-bond acceptors (Lipinski definition) is 5. The van der Waals surface area contributed by atoms with E-state index in [1.807, 2.05) is 32.0 Å². The summed E-state index contributed by atoms with van der Waals surface area (Å²) >= 11 is 0. The molecule has 27 heavy (non-hydrogen) atoms. The molecule has 0 aliphatic carbocycles. The molecule has 1 aliphatic heterocycles. The Morgan fingerprint density at radius 1 is 1.00 bits per heavy atom. The minimum Gasteiger partial charge on any atom is -0.491 e. The first-order chi connectivity index (χ1) is 13.0. The van der Waals surface area contributed by atoms with Crippen molar-refractivity contribution in [2.75, 3.05) is 13.2 Å². The van der Waals surface area contributed by atoms with E-state index in [1.54, 1.807) is 25.1 Å². The van der Waals surface area contributed by atoms with Gasteiger partial charge in [-0.25, -0.2) is 0 Å². The summed E-state index contributed by atoms with van der Waals surface area (Å²) in [4.78, 5) is 13.1. The average molecular weight is 366 g/mol. The van der Waals surface area contributed by atoms with Crippen molar-refractivity contribution in [3.8, 4) is 28.4 Å². The molecule has 0 bridgehead atoms. The molecule has 0 radical (unpaired) electrons. The molecule has 1 aromatic heterocycles. The molecule has 0 saturated carbocycles. The van der Waals surface area contributed by atoms with Crippen molar-refractivity contribution in [2.45, 2.75) is 33.3 Å². The first-order valence-electron chi connectivity index (χ1n) is 9.17. The normalized spacial score (nSPS) is 13.6. The van der Waals surface area contributed by atoms with E-state index in [9.17, 15) is 4.79 Å². The van der Waals surface area contributed by atoms with Gasteiger partial charge in [0.2, 0.25) is 5.43 Å². The number of aryl methyl sites for hydroxylation is 1. The van der Waals surface area contributed by atoms with Crippen LogP contribution in [0.5, 0.6) is 17.2 Å². The van der Waals surface area contributed by atoms with Gasteiger partial charge in [0.1, 0.15) is 17.1 Å². The molecule has 3 aromatic rings. The lowest BCUT2D eigenvalue weighted by atomic mass is 10.0. The van der Waals surface area contributed by atoms with Crippen LogP contribution in [0.1, 0.15) is 26.0 Å². The highest BCUT2D eigenvalue weighted by Gasteiger charge is 2.17. The fourth-order valence-electron chi connectivity index (χ4n) is 3.28. The quantitative estimate of drug-likeness (QED) is 0.671. The van der Waals surface area contributed by atoms with Crippen LogP contribution >= 0.6 is 0 Å². The highest BCUT2D eigenvalue weighted by Crippen LogP contribution is 2.35. The molecular formula is C22H22O5. The third-order valence-corrected chi connectivity index (χ3v) is 4.45. The van der Waals surface area contributed by atoms with E-state index < -0.39 is 0 Å². The van der Waals surface area contributed by atoms with E-state index in [0.29, 0.717) is 52.8 Å². The number of hydrogen-bond donors (Lipinski definition) is 0. The highest BCUT2D eigenvalue weighted by atomic mass is 16.5. The van der Waals surface area contributed by atoms with E-state index in [0.717, 1.165) is 12.0 Å². The van der Waals surface area contributed by atoms with E-state index in [4.69, 9.17) is 18.6 Å². The fourth-order valence-corrected chi connectivity index (χ4v) is 3.28. The molecule has 5 heteroatoms. The van der Waals surface area contributed by atoms with Crippen molar-refractivity contribution in [3.05, 3.63) is 52.4 Å². The van der Waals surface area contributed by atoms with Crippen LogP contribution in [-0.2, 0) is 0 Å². The smallest absolute Gasteiger partial charge is 0.200 e. The van der Waals surface area contributed by atoms with Crippen LogP contribution in [0.4, 0.5) is 0 Å². The number of benzene rings is 2. The van der Waals surface area contributed by atoms with Gasteiger partial charge in [0, 0.05) is 12.5 Å². The topological polar surface area (TPSA) is 57.9 Å². The first kappa shape index (κ1) is 17.5. The predicted octanol–water partition coefficient (Wildman–Crippen LogP) is 4.72. The molecular weight excluding hydrogens is 344 g/mol. The van der Waals surface area contributed by atoms with Gasteiger partial charge in [0.15, 0.2) is 11.5 Å². The summed E-state index contributed by atoms with van der Waals surface area (Å²) in [6.45, 7) is 6.94. The van der Waals surface area contributed by atoms with Gasteiger partial charge in [-0.05, 0) is 50.6 Å². The molecule has 0 amide bonds. The van der Waals surface area contributed by atoms with Crippen molar-refractivity contribution >= 4 is 11.0 Å². The molecule has 1 aliphatic rings. The molecule has 0 spiro atoms. The van der Waals surface area contributed by atoms with E-state index in [1.165, 1.54) is 0 Å². The summed E-state index contributed by atoms with van der Waals surface area (Å²) in [6.07, 6.45) is 0.887. The van der Waals surface area contributed by atoms with Crippen molar-refractivity contribution in [1.82, 2.24) is 0 Å². The summed E-state index contributed by atoms with van der Waals surface area (Å²) < 4.78 is 23.1. The largest absolute Gasteiger partial charge is 0.491 e. The van der Waals surface area contributed by atoms with Crippen molar-refractivity contribution in [1.29, 1.82) is 0 Å². The zero-order valence-electron chi connectivity index (χ0n) is 15.7. The Balaban J connectivity index is 1.83. The number of rotatable bonds is 3. The van der Waals surface area contributed by atoms with Crippen molar-refractivity contribution < 1.29 is 18.6 Å². The predicted molar refractivity (Wildman–Crippen MR) is 104 cm³/mol. The molecule has 2 heterocycles. The van der Waals surface area contributed by atoms with Crippen molar-refractivity contribution in [2.24, 2.45) is 0 Å². The Morgan fingerprint density at radius 3 is 2.56 bits per heavy atom. The molecule has 140 valence electrons. The minimum atomic E-state index is -0.0701. The number of fused-ring (bicyclic) bond motifs is 2. The second kappa shape index (κ2) is 6.99. The van der Waals surface area contributed by atoms with Gasteiger partial charge in [-0.2, -0.15) is 0 Å². The molecule has 0 unspecified atom stereocenters. The Morgan fingerprint density at radius 2 is 1.78 bits per heavy atom. The maximum absolute atomic E-state index is 13.1. The lowest BCUT2D eigenvalue weighted by Gasteiger charge is -2.12. The molecule has 5 nitrogen and oxygen atoms in total. The Hall–Kier alpha value is -2.95. The molecule has 0 N–H and O–H groups in total. The second-order valence-corrected chi connectivity index (χ2v) is 6.90. The Kier molecular flexibility index (Phi) is 4.52. The van der Waals surface area contributed by atoms with Crippen LogP contribution in [0.25, 0.3) is 22.1 Å². The van der Waals surface area contributed by atoms with E-state index >= 15 is 0 Å². The van der Waals surface area contributed by atoms with Crippen LogP contribution in [0.2, 0.25) is 0 Å². The average Bonchev–Trinajstić information content (AvgIpc) is 2.86. The van der Waals surface area contributed by atoms with Crippen LogP contribution in [0, 0.1) is 6.92 Å². The number of ether oxygens (including phenoxy) is 3. The van der Waals surface area contributed by atoms with Gasteiger partial charge in [-0.3, -0.25) is 4.79 Å². The van der Waals surface area contributed by atoms with Crippen LogP contribution in [0.15, 0.2) is 45.6 Å². The summed E-state index contributed by atoms with van der Waals surface area (Å²) in [6, 6.07) is 10.9. The van der Waals surface area contributed by atoms with Gasteiger partial charge in [0.05, 0.1) is 30.3 Å². The maximum Gasteiger partial charge on any atom is 0.200 e. The SMILES string of the molecule is Cc1oc2cc(OC(C)C)ccc2c(=O)c1-c1ccc2c(c1)OCCCO2. The Bertz CT molecular complexity index is 1050. The van der Waals surface area contributed by atoms with E-state index in [2.05, 4.69) is 0 Å². The van der Waals surface area contributed by atoms with Crippen LogP contribution in [-0.4, -0.2) is 19.3 Å². The maximum atomic E-state index is 13.1. The second-order valence-electron chi connectivity index (χ2n) is 6.90. The molecule has 0 saturated heterocycles. The first-order valence-corrected chi connectivity index (χ1v) is 9.17. The lowest BCUT2D eigenvalue weighted by molar-refractivity contribution is 0.242. The van der Waals surface area contributed by atoms with Crippen LogP contribution in [0.3, 0.4) is 0 Å². The Labute approximate surface area is 157 Å². The zero-order valence-corrected chi connectivity index (χ0v) is 15.7. The summed E-state index contributed by atoms with van der Waals surface area (Å²) in [7, 11) is 0. The molecule has 4 rings (SSSR count). The standard InChI is InChI=1S/C22H22O5/c1-13(2)26-16-6-7-17-19(12-16)27-14(3)21(22(17)23)15-5-8-18-20(11-15)25-10-4-9-24-18/h5-8,11-13H,4,9-10H2,1-3H3. The summed E-state index contributed by atoms with van der Waals surface area (Å²) in [5.74, 6) is 2.60. The summed E-state index contributed by atoms with van der Waals surface area (Å²) in [5, 5.41) is 0.527. The van der Waals surface area contributed by atoms with Gasteiger partial charge in [0.25, 0.3) is 0 Å². The molecule has 0 atom stereocenters. The van der Waals surface area contributed by atoms with Gasteiger partial charge in [-0.1, -0.05) is 6.07 Å². The molecule has 2 aromatic carbocycles. The van der Waals surface area contributed by atoms with E-state index in [-0.39, 0.29) is 11.5 Å². The van der Waals surface area contributed by atoms with Gasteiger partial charge >= 0.3 is 0 Å². The fraction of sp³-hybridized carbons (Fsp3) is 0.318. The summed E-state index contributed by atoms with van der Waals surface area (Å²) in [5.41, 5.74) is 1.75. The zero-order chi connectivity index (χ0) is 19.0. The lowest BCUT2D eigenvalue weighted by Crippen LogP contribution is -2.09. The monoisotopic (exact) mass is 366 g/mol. The van der Waals surface area contributed by atoms with Gasteiger partial charge in [-0.15, -0.1) is 0 Å².